The van der Waals surface area contributed by atoms with Crippen molar-refractivity contribution in [1.82, 2.24) is 14.9 Å². The molecule has 0 spiro atoms. The molecule has 1 amide bonds. The average Bonchev–Trinajstić information content (AvgIpc) is 2.75. The highest BCUT2D eigenvalue weighted by atomic mass is 16.5. The molecule has 1 aliphatic heterocycles. The molecule has 0 atom stereocenters. The molecule has 7 heteroatoms. The highest BCUT2D eigenvalue weighted by Gasteiger charge is 2.29. The van der Waals surface area contributed by atoms with Gasteiger partial charge in [0.05, 0.1) is 12.2 Å². The van der Waals surface area contributed by atoms with Crippen LogP contribution in [0.5, 0.6) is 17.2 Å². The number of nitrogens with zero attached hydrogens (tertiary/aromatic N) is 3. The lowest BCUT2D eigenvalue weighted by Gasteiger charge is -2.29. The number of benzene rings is 2. The van der Waals surface area contributed by atoms with Gasteiger partial charge in [-0.15, -0.1) is 0 Å². The van der Waals surface area contributed by atoms with Crippen molar-refractivity contribution in [3.8, 4) is 17.2 Å². The Balaban J connectivity index is 1.65. The largest absolute Gasteiger partial charge is 0.507 e. The topological polar surface area (TPSA) is 95.8 Å². The lowest BCUT2D eigenvalue weighted by atomic mass is 10.0. The third-order valence-corrected chi connectivity index (χ3v) is 5.08. The Morgan fingerprint density at radius 3 is 2.79 bits per heavy atom. The predicted molar refractivity (Wildman–Crippen MR) is 106 cm³/mol. The molecule has 7 nitrogen and oxygen atoms in total. The van der Waals surface area contributed by atoms with Crippen molar-refractivity contribution in [3.05, 3.63) is 76.9 Å². The van der Waals surface area contributed by atoms with Gasteiger partial charge in [0, 0.05) is 24.4 Å². The van der Waals surface area contributed by atoms with Crippen molar-refractivity contribution in [1.29, 1.82) is 0 Å². The number of fused-ring (bicyclic) bond motifs is 1. The smallest absolute Gasteiger partial charge is 0.261 e. The van der Waals surface area contributed by atoms with Crippen LogP contribution in [0, 0.1) is 6.92 Å². The number of hydrogen-bond acceptors (Lipinski definition) is 6. The normalized spacial score (nSPS) is 13.1. The second-order valence-electron chi connectivity index (χ2n) is 6.99. The first-order valence-corrected chi connectivity index (χ1v) is 9.34. The third-order valence-electron chi connectivity index (χ3n) is 5.08. The maximum Gasteiger partial charge on any atom is 0.261 e. The van der Waals surface area contributed by atoms with Crippen LogP contribution in [0.3, 0.4) is 0 Å². The average molecular weight is 391 g/mol. The summed E-state index contributed by atoms with van der Waals surface area (Å²) >= 11 is 0. The Morgan fingerprint density at radius 1 is 1.21 bits per heavy atom. The van der Waals surface area contributed by atoms with Crippen LogP contribution in [0.2, 0.25) is 0 Å². The zero-order chi connectivity index (χ0) is 20.4. The maximum atomic E-state index is 13.3. The van der Waals surface area contributed by atoms with E-state index >= 15 is 0 Å². The van der Waals surface area contributed by atoms with Gasteiger partial charge in [0.15, 0.2) is 0 Å². The monoisotopic (exact) mass is 391 g/mol. The second-order valence-corrected chi connectivity index (χ2v) is 6.99. The predicted octanol–water partition coefficient (Wildman–Crippen LogP) is 2.97. The summed E-state index contributed by atoms with van der Waals surface area (Å²) in [6.07, 6.45) is 3.87. The van der Waals surface area contributed by atoms with Crippen molar-refractivity contribution in [3.63, 3.8) is 0 Å². The number of ether oxygens (including phenoxy) is 1. The summed E-state index contributed by atoms with van der Waals surface area (Å²) in [6, 6.07) is 10.7. The Kier molecular flexibility index (Phi) is 5.03. The van der Waals surface area contributed by atoms with E-state index in [1.54, 1.807) is 18.0 Å². The molecule has 0 fully saturated rings. The van der Waals surface area contributed by atoms with E-state index in [-0.39, 0.29) is 35.3 Å². The molecule has 0 bridgehead atoms. The molecule has 0 saturated heterocycles. The summed E-state index contributed by atoms with van der Waals surface area (Å²) in [5, 5.41) is 20.6. The molecule has 4 rings (SSSR count). The first-order chi connectivity index (χ1) is 14.0. The van der Waals surface area contributed by atoms with E-state index in [1.165, 1.54) is 12.4 Å². The Bertz CT molecular complexity index is 1050. The standard InChI is InChI=1S/C22H21N3O4/c1-14-18(26)9-19(27)20(21(14)29-12-15-5-3-2-4-6-15)22(28)25-8-7-16-10-23-13-24-17(16)11-25/h2-6,9-10,13,26-27H,7-8,11-12H2,1H3. The van der Waals surface area contributed by atoms with Crippen LogP contribution in [0.15, 0.2) is 48.9 Å². The molecule has 2 N–H and O–H groups in total. The van der Waals surface area contributed by atoms with Crippen molar-refractivity contribution in [2.75, 3.05) is 6.54 Å². The van der Waals surface area contributed by atoms with E-state index in [0.29, 0.717) is 25.1 Å². The molecule has 2 heterocycles. The number of hydrogen-bond donors (Lipinski definition) is 2. The molecule has 148 valence electrons. The highest BCUT2D eigenvalue weighted by molar-refractivity contribution is 6.00. The van der Waals surface area contributed by atoms with Crippen LogP contribution in [-0.2, 0) is 19.6 Å². The summed E-state index contributed by atoms with van der Waals surface area (Å²) in [5.41, 5.74) is 3.18. The summed E-state index contributed by atoms with van der Waals surface area (Å²) in [5.74, 6) is -0.615. The van der Waals surface area contributed by atoms with Gasteiger partial charge in [0.25, 0.3) is 5.91 Å². The summed E-state index contributed by atoms with van der Waals surface area (Å²) in [6.45, 7) is 2.68. The first kappa shape index (κ1) is 18.7. The number of carbonyl (C=O) groups is 1. The summed E-state index contributed by atoms with van der Waals surface area (Å²) in [7, 11) is 0. The van der Waals surface area contributed by atoms with Gasteiger partial charge in [-0.3, -0.25) is 4.79 Å². The van der Waals surface area contributed by atoms with Gasteiger partial charge in [-0.1, -0.05) is 30.3 Å². The number of phenols is 2. The second kappa shape index (κ2) is 7.79. The fourth-order valence-electron chi connectivity index (χ4n) is 3.43. The third kappa shape index (κ3) is 3.71. The van der Waals surface area contributed by atoms with Gasteiger partial charge >= 0.3 is 0 Å². The van der Waals surface area contributed by atoms with Crippen molar-refractivity contribution >= 4 is 5.91 Å². The summed E-state index contributed by atoms with van der Waals surface area (Å²) in [4.78, 5) is 23.2. The van der Waals surface area contributed by atoms with Gasteiger partial charge in [-0.05, 0) is 24.5 Å². The molecule has 0 radical (unpaired) electrons. The quantitative estimate of drug-likeness (QED) is 0.710. The van der Waals surface area contributed by atoms with Crippen LogP contribution in [0.1, 0.15) is 32.7 Å². The van der Waals surface area contributed by atoms with Gasteiger partial charge in [-0.25, -0.2) is 9.97 Å². The number of carbonyl (C=O) groups excluding carboxylic acids is 1. The first-order valence-electron chi connectivity index (χ1n) is 9.34. The fourth-order valence-corrected chi connectivity index (χ4v) is 3.43. The SMILES string of the molecule is Cc1c(O)cc(O)c(C(=O)N2CCc3cncnc3C2)c1OCc1ccccc1. The number of amides is 1. The minimum Gasteiger partial charge on any atom is -0.507 e. The molecule has 29 heavy (non-hydrogen) atoms. The van der Waals surface area contributed by atoms with E-state index in [1.807, 2.05) is 30.3 Å². The fraction of sp³-hybridized carbons (Fsp3) is 0.227. The van der Waals surface area contributed by atoms with Gasteiger partial charge < -0.3 is 19.8 Å². The lowest BCUT2D eigenvalue weighted by Crippen LogP contribution is -2.36. The van der Waals surface area contributed by atoms with Crippen molar-refractivity contribution in [2.45, 2.75) is 26.5 Å². The molecule has 1 aromatic heterocycles. The molecule has 0 aliphatic carbocycles. The minimum absolute atomic E-state index is 0.0498. The Morgan fingerprint density at radius 2 is 2.00 bits per heavy atom. The lowest BCUT2D eigenvalue weighted by molar-refractivity contribution is 0.0723. The van der Waals surface area contributed by atoms with Crippen LogP contribution in [0.4, 0.5) is 0 Å². The van der Waals surface area contributed by atoms with Crippen molar-refractivity contribution in [2.24, 2.45) is 0 Å². The van der Waals surface area contributed by atoms with Gasteiger partial charge in [0.2, 0.25) is 0 Å². The van der Waals surface area contributed by atoms with E-state index in [9.17, 15) is 15.0 Å². The summed E-state index contributed by atoms with van der Waals surface area (Å²) < 4.78 is 5.90. The van der Waals surface area contributed by atoms with Gasteiger partial charge in [-0.2, -0.15) is 0 Å². The van der Waals surface area contributed by atoms with E-state index in [2.05, 4.69) is 9.97 Å². The highest BCUT2D eigenvalue weighted by Crippen LogP contribution is 2.39. The maximum absolute atomic E-state index is 13.3. The molecular formula is C22H21N3O4. The number of phenolic OH excluding ortho intramolecular Hbond substituents is 2. The van der Waals surface area contributed by atoms with E-state index in [4.69, 9.17) is 4.74 Å². The van der Waals surface area contributed by atoms with Gasteiger partial charge in [0.1, 0.15) is 35.7 Å². The van der Waals surface area contributed by atoms with E-state index in [0.717, 1.165) is 16.8 Å². The molecule has 0 unspecified atom stereocenters. The zero-order valence-corrected chi connectivity index (χ0v) is 16.0. The molecule has 2 aromatic carbocycles. The zero-order valence-electron chi connectivity index (χ0n) is 16.0. The Labute approximate surface area is 168 Å². The molecule has 1 aliphatic rings. The van der Waals surface area contributed by atoms with Crippen LogP contribution in [-0.4, -0.2) is 37.5 Å². The molecule has 3 aromatic rings. The van der Waals surface area contributed by atoms with Crippen LogP contribution in [0.25, 0.3) is 0 Å². The van der Waals surface area contributed by atoms with E-state index < -0.39 is 0 Å². The molecular weight excluding hydrogens is 370 g/mol. The molecule has 0 saturated carbocycles. The number of aromatic nitrogens is 2. The van der Waals surface area contributed by atoms with Crippen LogP contribution < -0.4 is 4.74 Å². The Hall–Kier alpha value is -3.61. The minimum atomic E-state index is -0.363. The number of rotatable bonds is 4. The van der Waals surface area contributed by atoms with Crippen molar-refractivity contribution < 1.29 is 19.7 Å². The number of aromatic hydroxyl groups is 2. The van der Waals surface area contributed by atoms with Crippen LogP contribution >= 0.6 is 0 Å².